The second kappa shape index (κ2) is 7.08. The monoisotopic (exact) mass is 291 g/mol. The van der Waals surface area contributed by atoms with E-state index in [1.807, 2.05) is 25.1 Å². The molecule has 114 valence electrons. The summed E-state index contributed by atoms with van der Waals surface area (Å²) in [6, 6.07) is 6.00. The zero-order chi connectivity index (χ0) is 15.2. The highest BCUT2D eigenvalue weighted by atomic mass is 16.6. The van der Waals surface area contributed by atoms with E-state index in [0.717, 1.165) is 24.1 Å². The maximum Gasteiger partial charge on any atom is 0.161 e. The van der Waals surface area contributed by atoms with Crippen molar-refractivity contribution in [3.05, 3.63) is 35.2 Å². The Kier molecular flexibility index (Phi) is 5.16. The number of aromatic nitrogens is 2. The highest BCUT2D eigenvalue weighted by Crippen LogP contribution is 2.29. The Balaban J connectivity index is 2.07. The van der Waals surface area contributed by atoms with Gasteiger partial charge in [-0.1, -0.05) is 23.3 Å². The van der Waals surface area contributed by atoms with E-state index in [1.165, 1.54) is 0 Å². The predicted molar refractivity (Wildman–Crippen MR) is 78.3 cm³/mol. The number of ether oxygens (including phenoxy) is 2. The standard InChI is InChI=1S/C15H21N3O3/c1-4-12(16)7-11-5-6-14(15(8-11)19-3)20-9-13-10(2)17-21-18-13/h5-6,8,12H,4,7,9,16H2,1-3H3. The summed E-state index contributed by atoms with van der Waals surface area (Å²) in [4.78, 5) is 0. The molecule has 21 heavy (non-hydrogen) atoms. The SMILES string of the molecule is CCC(N)Cc1ccc(OCc2nonc2C)c(OC)c1. The summed E-state index contributed by atoms with van der Waals surface area (Å²) in [7, 11) is 1.62. The molecule has 1 unspecified atom stereocenters. The molecular formula is C15H21N3O3. The fraction of sp³-hybridized carbons (Fsp3) is 0.467. The zero-order valence-electron chi connectivity index (χ0n) is 12.6. The number of hydrogen-bond donors (Lipinski definition) is 1. The van der Waals surface area contributed by atoms with Crippen molar-refractivity contribution in [1.82, 2.24) is 10.3 Å². The van der Waals surface area contributed by atoms with E-state index >= 15 is 0 Å². The molecule has 1 aromatic carbocycles. The van der Waals surface area contributed by atoms with Gasteiger partial charge in [0.1, 0.15) is 18.0 Å². The lowest BCUT2D eigenvalue weighted by Crippen LogP contribution is -2.21. The van der Waals surface area contributed by atoms with Crippen LogP contribution in [0.1, 0.15) is 30.3 Å². The molecule has 2 rings (SSSR count). The third-order valence-electron chi connectivity index (χ3n) is 3.36. The van der Waals surface area contributed by atoms with Gasteiger partial charge in [0.2, 0.25) is 0 Å². The minimum atomic E-state index is 0.158. The zero-order valence-corrected chi connectivity index (χ0v) is 12.6. The Morgan fingerprint density at radius 2 is 2.10 bits per heavy atom. The molecule has 1 atom stereocenters. The van der Waals surface area contributed by atoms with Gasteiger partial charge in [-0.15, -0.1) is 0 Å². The Bertz CT molecular complexity index is 583. The lowest BCUT2D eigenvalue weighted by atomic mass is 10.0. The summed E-state index contributed by atoms with van der Waals surface area (Å²) >= 11 is 0. The first kappa shape index (κ1) is 15.3. The van der Waals surface area contributed by atoms with Gasteiger partial charge >= 0.3 is 0 Å². The van der Waals surface area contributed by atoms with Crippen LogP contribution in [0.15, 0.2) is 22.8 Å². The van der Waals surface area contributed by atoms with Crippen molar-refractivity contribution in [1.29, 1.82) is 0 Å². The first-order valence-corrected chi connectivity index (χ1v) is 6.97. The molecule has 0 saturated heterocycles. The van der Waals surface area contributed by atoms with Crippen molar-refractivity contribution in [2.75, 3.05) is 7.11 Å². The number of nitrogens with zero attached hydrogens (tertiary/aromatic N) is 2. The topological polar surface area (TPSA) is 83.4 Å². The van der Waals surface area contributed by atoms with Crippen LogP contribution in [0.25, 0.3) is 0 Å². The molecule has 6 heteroatoms. The fourth-order valence-electron chi connectivity index (χ4n) is 1.93. The Labute approximate surface area is 124 Å². The second-order valence-corrected chi connectivity index (χ2v) is 4.94. The van der Waals surface area contributed by atoms with Gasteiger partial charge in [0.05, 0.1) is 7.11 Å². The number of rotatable bonds is 7. The Morgan fingerprint density at radius 3 is 2.71 bits per heavy atom. The quantitative estimate of drug-likeness (QED) is 0.842. The van der Waals surface area contributed by atoms with Crippen LogP contribution in [0.2, 0.25) is 0 Å². The molecule has 0 amide bonds. The van der Waals surface area contributed by atoms with E-state index in [0.29, 0.717) is 23.8 Å². The fourth-order valence-corrected chi connectivity index (χ4v) is 1.93. The predicted octanol–water partition coefficient (Wildman–Crippen LogP) is 2.25. The first-order valence-electron chi connectivity index (χ1n) is 6.97. The molecule has 2 N–H and O–H groups in total. The Morgan fingerprint density at radius 1 is 1.29 bits per heavy atom. The highest BCUT2D eigenvalue weighted by molar-refractivity contribution is 5.43. The normalized spacial score (nSPS) is 12.2. The van der Waals surface area contributed by atoms with Crippen molar-refractivity contribution in [3.63, 3.8) is 0 Å². The molecule has 0 aliphatic rings. The summed E-state index contributed by atoms with van der Waals surface area (Å²) in [6.45, 7) is 4.19. The van der Waals surface area contributed by atoms with E-state index < -0.39 is 0 Å². The highest BCUT2D eigenvalue weighted by Gasteiger charge is 2.11. The molecule has 0 aliphatic heterocycles. The molecule has 2 aromatic rings. The van der Waals surface area contributed by atoms with E-state index in [-0.39, 0.29) is 6.04 Å². The first-order chi connectivity index (χ1) is 10.1. The van der Waals surface area contributed by atoms with Gasteiger partial charge in [0.15, 0.2) is 11.5 Å². The van der Waals surface area contributed by atoms with Crippen LogP contribution < -0.4 is 15.2 Å². The average molecular weight is 291 g/mol. The van der Waals surface area contributed by atoms with E-state index in [2.05, 4.69) is 21.9 Å². The minimum absolute atomic E-state index is 0.158. The average Bonchev–Trinajstić information content (AvgIpc) is 2.90. The number of aryl methyl sites for hydroxylation is 1. The summed E-state index contributed by atoms with van der Waals surface area (Å²) in [5.74, 6) is 1.35. The molecule has 6 nitrogen and oxygen atoms in total. The number of nitrogens with two attached hydrogens (primary N) is 1. The lowest BCUT2D eigenvalue weighted by Gasteiger charge is -2.13. The largest absolute Gasteiger partial charge is 0.493 e. The van der Waals surface area contributed by atoms with Gasteiger partial charge in [-0.2, -0.15) is 0 Å². The van der Waals surface area contributed by atoms with E-state index in [4.69, 9.17) is 15.2 Å². The third-order valence-corrected chi connectivity index (χ3v) is 3.36. The number of methoxy groups -OCH3 is 1. The van der Waals surface area contributed by atoms with Gasteiger partial charge in [-0.05, 0) is 37.5 Å². The second-order valence-electron chi connectivity index (χ2n) is 4.94. The lowest BCUT2D eigenvalue weighted by molar-refractivity contribution is 0.260. The molecule has 0 fully saturated rings. The maximum atomic E-state index is 5.98. The summed E-state index contributed by atoms with van der Waals surface area (Å²) in [5, 5.41) is 7.50. The third kappa shape index (κ3) is 3.95. The van der Waals surface area contributed by atoms with Crippen LogP contribution in [0.3, 0.4) is 0 Å². The van der Waals surface area contributed by atoms with Gasteiger partial charge in [0, 0.05) is 6.04 Å². The molecular weight excluding hydrogens is 270 g/mol. The molecule has 1 aromatic heterocycles. The summed E-state index contributed by atoms with van der Waals surface area (Å²) in [5.41, 5.74) is 8.51. The molecule has 0 spiro atoms. The van der Waals surface area contributed by atoms with E-state index in [9.17, 15) is 0 Å². The van der Waals surface area contributed by atoms with Crippen molar-refractivity contribution in [2.45, 2.75) is 39.3 Å². The van der Waals surface area contributed by atoms with Crippen LogP contribution in [0.4, 0.5) is 0 Å². The van der Waals surface area contributed by atoms with Crippen LogP contribution in [-0.4, -0.2) is 23.5 Å². The molecule has 1 heterocycles. The van der Waals surface area contributed by atoms with Crippen molar-refractivity contribution >= 4 is 0 Å². The number of hydrogen-bond acceptors (Lipinski definition) is 6. The smallest absolute Gasteiger partial charge is 0.161 e. The maximum absolute atomic E-state index is 5.98. The van der Waals surface area contributed by atoms with Gasteiger partial charge in [0.25, 0.3) is 0 Å². The van der Waals surface area contributed by atoms with Gasteiger partial charge in [-0.25, -0.2) is 4.63 Å². The minimum Gasteiger partial charge on any atom is -0.493 e. The van der Waals surface area contributed by atoms with Crippen LogP contribution in [0.5, 0.6) is 11.5 Å². The van der Waals surface area contributed by atoms with E-state index in [1.54, 1.807) is 7.11 Å². The summed E-state index contributed by atoms with van der Waals surface area (Å²) < 4.78 is 15.7. The van der Waals surface area contributed by atoms with Crippen molar-refractivity contribution in [2.24, 2.45) is 5.73 Å². The van der Waals surface area contributed by atoms with Gasteiger partial charge < -0.3 is 15.2 Å². The molecule has 0 saturated carbocycles. The van der Waals surface area contributed by atoms with Crippen molar-refractivity contribution in [3.8, 4) is 11.5 Å². The number of benzene rings is 1. The van der Waals surface area contributed by atoms with Crippen LogP contribution in [-0.2, 0) is 13.0 Å². The van der Waals surface area contributed by atoms with Gasteiger partial charge in [-0.3, -0.25) is 0 Å². The molecule has 0 bridgehead atoms. The summed E-state index contributed by atoms with van der Waals surface area (Å²) in [6.07, 6.45) is 1.76. The van der Waals surface area contributed by atoms with Crippen molar-refractivity contribution < 1.29 is 14.1 Å². The molecule has 0 aliphatic carbocycles. The van der Waals surface area contributed by atoms with Crippen LogP contribution in [0, 0.1) is 6.92 Å². The van der Waals surface area contributed by atoms with Crippen LogP contribution >= 0.6 is 0 Å². The molecule has 0 radical (unpaired) electrons. The Hall–Kier alpha value is -2.08.